The summed E-state index contributed by atoms with van der Waals surface area (Å²) in [4.78, 5) is 18.4. The van der Waals surface area contributed by atoms with E-state index >= 15 is 0 Å². The van der Waals surface area contributed by atoms with Crippen LogP contribution in [0.4, 0.5) is 0 Å². The molecule has 1 rings (SSSR count). The van der Waals surface area contributed by atoms with E-state index in [2.05, 4.69) is 22.2 Å². The van der Waals surface area contributed by atoms with E-state index in [-0.39, 0.29) is 5.56 Å². The Hall–Kier alpha value is -1.20. The molecule has 5 nitrogen and oxygen atoms in total. The molecule has 2 N–H and O–H groups in total. The third kappa shape index (κ3) is 4.55. The van der Waals surface area contributed by atoms with E-state index in [0.29, 0.717) is 25.4 Å². The maximum atomic E-state index is 11.3. The van der Waals surface area contributed by atoms with E-state index < -0.39 is 0 Å². The highest BCUT2D eigenvalue weighted by atomic mass is 16.5. The Morgan fingerprint density at radius 3 is 3.06 bits per heavy atom. The van der Waals surface area contributed by atoms with Gasteiger partial charge in [0.2, 0.25) is 0 Å². The van der Waals surface area contributed by atoms with Crippen molar-refractivity contribution in [3.63, 3.8) is 0 Å². The van der Waals surface area contributed by atoms with Crippen molar-refractivity contribution in [1.29, 1.82) is 0 Å². The van der Waals surface area contributed by atoms with Crippen molar-refractivity contribution < 1.29 is 4.74 Å². The minimum atomic E-state index is -0.102. The third-order valence-electron chi connectivity index (χ3n) is 2.12. The minimum Gasteiger partial charge on any atom is -0.384 e. The Labute approximate surface area is 95.3 Å². The van der Waals surface area contributed by atoms with Crippen molar-refractivity contribution in [2.24, 2.45) is 0 Å². The van der Waals surface area contributed by atoms with Crippen molar-refractivity contribution in [2.75, 3.05) is 20.3 Å². The average molecular weight is 225 g/mol. The SMILES string of the molecule is CCCNCc1cc(=O)[nH]c(CCOC)n1. The number of rotatable bonds is 7. The molecule has 90 valence electrons. The van der Waals surface area contributed by atoms with E-state index in [1.54, 1.807) is 7.11 Å². The first-order valence-electron chi connectivity index (χ1n) is 5.55. The Kier molecular flexibility index (Phi) is 5.74. The molecule has 1 heterocycles. The van der Waals surface area contributed by atoms with Crippen LogP contribution in [0.25, 0.3) is 0 Å². The Balaban J connectivity index is 2.62. The zero-order valence-corrected chi connectivity index (χ0v) is 9.88. The number of aromatic amines is 1. The average Bonchev–Trinajstić information content (AvgIpc) is 2.26. The third-order valence-corrected chi connectivity index (χ3v) is 2.12. The van der Waals surface area contributed by atoms with Gasteiger partial charge in [0.1, 0.15) is 5.82 Å². The highest BCUT2D eigenvalue weighted by Crippen LogP contribution is 1.93. The summed E-state index contributed by atoms with van der Waals surface area (Å²) in [6.45, 7) is 4.23. The van der Waals surface area contributed by atoms with Gasteiger partial charge in [0.05, 0.1) is 12.3 Å². The standard InChI is InChI=1S/C11H19N3O2/c1-3-5-12-8-9-7-11(15)14-10(13-9)4-6-16-2/h7,12H,3-6,8H2,1-2H3,(H,13,14,15). The van der Waals surface area contributed by atoms with Crippen LogP contribution in [0.5, 0.6) is 0 Å². The predicted octanol–water partition coefficient (Wildman–Crippen LogP) is 0.458. The topological polar surface area (TPSA) is 67.0 Å². The second kappa shape index (κ2) is 7.14. The zero-order valence-electron chi connectivity index (χ0n) is 9.88. The summed E-state index contributed by atoms with van der Waals surface area (Å²) in [6, 6.07) is 1.53. The Bertz CT molecular complexity index is 362. The van der Waals surface area contributed by atoms with Crippen LogP contribution < -0.4 is 10.9 Å². The molecule has 0 amide bonds. The number of nitrogens with zero attached hydrogens (tertiary/aromatic N) is 1. The van der Waals surface area contributed by atoms with Gasteiger partial charge in [-0.25, -0.2) is 4.98 Å². The Morgan fingerprint density at radius 1 is 1.56 bits per heavy atom. The fourth-order valence-corrected chi connectivity index (χ4v) is 1.36. The first-order chi connectivity index (χ1) is 7.76. The molecule has 0 aromatic carbocycles. The predicted molar refractivity (Wildman–Crippen MR) is 62.4 cm³/mol. The number of ether oxygens (including phenoxy) is 1. The molecule has 0 aliphatic carbocycles. The van der Waals surface area contributed by atoms with E-state index in [4.69, 9.17) is 4.74 Å². The molecule has 0 aliphatic heterocycles. The zero-order chi connectivity index (χ0) is 11.8. The molecule has 0 aliphatic rings. The molecule has 16 heavy (non-hydrogen) atoms. The van der Waals surface area contributed by atoms with Gasteiger partial charge in [0.25, 0.3) is 5.56 Å². The lowest BCUT2D eigenvalue weighted by Gasteiger charge is -2.04. The summed E-state index contributed by atoms with van der Waals surface area (Å²) in [5.41, 5.74) is 0.678. The maximum Gasteiger partial charge on any atom is 0.251 e. The van der Waals surface area contributed by atoms with Gasteiger partial charge < -0.3 is 15.0 Å². The van der Waals surface area contributed by atoms with Crippen molar-refractivity contribution in [3.05, 3.63) is 27.9 Å². The van der Waals surface area contributed by atoms with Gasteiger partial charge in [-0.05, 0) is 13.0 Å². The second-order valence-electron chi connectivity index (χ2n) is 3.60. The molecule has 0 bridgehead atoms. The van der Waals surface area contributed by atoms with Gasteiger partial charge in [-0.2, -0.15) is 0 Å². The quantitative estimate of drug-likeness (QED) is 0.661. The minimum absolute atomic E-state index is 0.102. The highest BCUT2D eigenvalue weighted by Gasteiger charge is 2.00. The summed E-state index contributed by atoms with van der Waals surface area (Å²) >= 11 is 0. The summed E-state index contributed by atoms with van der Waals surface area (Å²) in [6.07, 6.45) is 1.70. The lowest BCUT2D eigenvalue weighted by Crippen LogP contribution is -2.20. The Morgan fingerprint density at radius 2 is 2.38 bits per heavy atom. The lowest BCUT2D eigenvalue weighted by molar-refractivity contribution is 0.200. The van der Waals surface area contributed by atoms with Gasteiger partial charge in [0, 0.05) is 26.1 Å². The van der Waals surface area contributed by atoms with Gasteiger partial charge in [0.15, 0.2) is 0 Å². The molecule has 1 aromatic rings. The van der Waals surface area contributed by atoms with Gasteiger partial charge in [-0.3, -0.25) is 4.79 Å². The van der Waals surface area contributed by atoms with Crippen LogP contribution in [0.2, 0.25) is 0 Å². The van der Waals surface area contributed by atoms with Gasteiger partial charge in [-0.1, -0.05) is 6.92 Å². The summed E-state index contributed by atoms with van der Waals surface area (Å²) in [5.74, 6) is 0.683. The van der Waals surface area contributed by atoms with Crippen LogP contribution in [0.3, 0.4) is 0 Å². The van der Waals surface area contributed by atoms with Crippen molar-refractivity contribution in [1.82, 2.24) is 15.3 Å². The largest absolute Gasteiger partial charge is 0.384 e. The second-order valence-corrected chi connectivity index (χ2v) is 3.60. The fourth-order valence-electron chi connectivity index (χ4n) is 1.36. The van der Waals surface area contributed by atoms with Crippen LogP contribution in [-0.4, -0.2) is 30.2 Å². The monoisotopic (exact) mass is 225 g/mol. The lowest BCUT2D eigenvalue weighted by atomic mass is 10.3. The fraction of sp³-hybridized carbons (Fsp3) is 0.636. The number of H-pyrrole nitrogens is 1. The van der Waals surface area contributed by atoms with Crippen molar-refractivity contribution >= 4 is 0 Å². The number of hydrogen-bond donors (Lipinski definition) is 2. The first kappa shape index (κ1) is 12.9. The molecule has 0 fully saturated rings. The molecule has 5 heteroatoms. The molecule has 1 aromatic heterocycles. The maximum absolute atomic E-state index is 11.3. The van der Waals surface area contributed by atoms with Crippen LogP contribution in [0, 0.1) is 0 Å². The molecule has 0 spiro atoms. The van der Waals surface area contributed by atoms with E-state index in [1.807, 2.05) is 0 Å². The number of methoxy groups -OCH3 is 1. The number of hydrogen-bond acceptors (Lipinski definition) is 4. The van der Waals surface area contributed by atoms with Crippen LogP contribution in [0.15, 0.2) is 10.9 Å². The smallest absolute Gasteiger partial charge is 0.251 e. The van der Waals surface area contributed by atoms with Crippen LogP contribution in [0.1, 0.15) is 24.9 Å². The van der Waals surface area contributed by atoms with E-state index in [9.17, 15) is 4.79 Å². The molecular weight excluding hydrogens is 206 g/mol. The molecule has 0 saturated heterocycles. The molecular formula is C11H19N3O2. The van der Waals surface area contributed by atoms with Crippen LogP contribution in [-0.2, 0) is 17.7 Å². The van der Waals surface area contributed by atoms with Crippen molar-refractivity contribution in [2.45, 2.75) is 26.3 Å². The molecule has 0 atom stereocenters. The first-order valence-corrected chi connectivity index (χ1v) is 5.55. The van der Waals surface area contributed by atoms with Gasteiger partial charge >= 0.3 is 0 Å². The summed E-state index contributed by atoms with van der Waals surface area (Å²) < 4.78 is 4.95. The van der Waals surface area contributed by atoms with Gasteiger partial charge in [-0.15, -0.1) is 0 Å². The normalized spacial score (nSPS) is 10.6. The number of aromatic nitrogens is 2. The molecule has 0 radical (unpaired) electrons. The van der Waals surface area contributed by atoms with E-state index in [0.717, 1.165) is 18.7 Å². The van der Waals surface area contributed by atoms with E-state index in [1.165, 1.54) is 6.07 Å². The highest BCUT2D eigenvalue weighted by molar-refractivity contribution is 5.02. The van der Waals surface area contributed by atoms with Crippen LogP contribution >= 0.6 is 0 Å². The number of nitrogens with one attached hydrogen (secondary N) is 2. The summed E-state index contributed by atoms with van der Waals surface area (Å²) in [5, 5.41) is 3.22. The molecule has 0 saturated carbocycles. The summed E-state index contributed by atoms with van der Waals surface area (Å²) in [7, 11) is 1.63. The molecule has 0 unspecified atom stereocenters. The van der Waals surface area contributed by atoms with Crippen molar-refractivity contribution in [3.8, 4) is 0 Å².